The molecule has 0 aromatic carbocycles. The SMILES string of the molecule is CC1(C)CC(Nc2ncnc(Cl)c2[N+](=O)[O-])CCO1. The topological polar surface area (TPSA) is 90.2 Å². The highest BCUT2D eigenvalue weighted by Gasteiger charge is 2.31. The lowest BCUT2D eigenvalue weighted by Crippen LogP contribution is -2.40. The van der Waals surface area contributed by atoms with Crippen molar-refractivity contribution in [2.75, 3.05) is 11.9 Å². The molecule has 0 spiro atoms. The van der Waals surface area contributed by atoms with E-state index in [1.54, 1.807) is 0 Å². The van der Waals surface area contributed by atoms with E-state index in [0.29, 0.717) is 6.61 Å². The molecule has 1 unspecified atom stereocenters. The summed E-state index contributed by atoms with van der Waals surface area (Å²) in [4.78, 5) is 18.0. The van der Waals surface area contributed by atoms with Crippen LogP contribution in [0.5, 0.6) is 0 Å². The Morgan fingerprint density at radius 3 is 2.95 bits per heavy atom. The van der Waals surface area contributed by atoms with E-state index in [-0.39, 0.29) is 28.3 Å². The average molecular weight is 287 g/mol. The number of rotatable bonds is 3. The molecule has 1 saturated heterocycles. The van der Waals surface area contributed by atoms with E-state index in [0.717, 1.165) is 12.8 Å². The number of aromatic nitrogens is 2. The zero-order valence-corrected chi connectivity index (χ0v) is 11.5. The van der Waals surface area contributed by atoms with E-state index in [1.807, 2.05) is 13.8 Å². The van der Waals surface area contributed by atoms with Gasteiger partial charge in [-0.3, -0.25) is 10.1 Å². The molecule has 19 heavy (non-hydrogen) atoms. The summed E-state index contributed by atoms with van der Waals surface area (Å²) in [5.74, 6) is 0.160. The highest BCUT2D eigenvalue weighted by molar-refractivity contribution is 6.31. The monoisotopic (exact) mass is 286 g/mol. The molecule has 1 N–H and O–H groups in total. The number of nitro groups is 1. The van der Waals surface area contributed by atoms with Crippen LogP contribution in [0.1, 0.15) is 26.7 Å². The van der Waals surface area contributed by atoms with Crippen LogP contribution in [0.3, 0.4) is 0 Å². The first-order valence-corrected chi connectivity index (χ1v) is 6.32. The van der Waals surface area contributed by atoms with Gasteiger partial charge in [0.15, 0.2) is 0 Å². The van der Waals surface area contributed by atoms with Crippen LogP contribution in [-0.4, -0.2) is 33.1 Å². The molecule has 1 aliphatic heterocycles. The second-order valence-electron chi connectivity index (χ2n) is 5.06. The fourth-order valence-corrected chi connectivity index (χ4v) is 2.38. The maximum absolute atomic E-state index is 11.0. The lowest BCUT2D eigenvalue weighted by atomic mass is 9.94. The Bertz CT molecular complexity index is 495. The molecule has 0 radical (unpaired) electrons. The predicted octanol–water partition coefficient (Wildman–Crippen LogP) is 2.41. The first kappa shape index (κ1) is 14.0. The molecular formula is C11H15ClN4O3. The maximum Gasteiger partial charge on any atom is 0.348 e. The van der Waals surface area contributed by atoms with Gasteiger partial charge in [-0.25, -0.2) is 9.97 Å². The summed E-state index contributed by atoms with van der Waals surface area (Å²) in [6.45, 7) is 4.59. The highest BCUT2D eigenvalue weighted by atomic mass is 35.5. The standard InChI is InChI=1S/C11H15ClN4O3/c1-11(2)5-7(3-4-19-11)15-10-8(16(17)18)9(12)13-6-14-10/h6-7H,3-5H2,1-2H3,(H,13,14,15). The molecule has 1 aliphatic rings. The van der Waals surface area contributed by atoms with Gasteiger partial charge < -0.3 is 10.1 Å². The van der Waals surface area contributed by atoms with Gasteiger partial charge in [0.05, 0.1) is 10.5 Å². The van der Waals surface area contributed by atoms with Gasteiger partial charge in [0.25, 0.3) is 0 Å². The number of halogens is 1. The van der Waals surface area contributed by atoms with Gasteiger partial charge in [0.2, 0.25) is 11.0 Å². The second kappa shape index (κ2) is 5.26. The van der Waals surface area contributed by atoms with Crippen molar-refractivity contribution in [3.05, 3.63) is 21.6 Å². The maximum atomic E-state index is 11.0. The summed E-state index contributed by atoms with van der Waals surface area (Å²) < 4.78 is 5.60. The Balaban J connectivity index is 2.19. The first-order chi connectivity index (χ1) is 8.89. The van der Waals surface area contributed by atoms with Crippen molar-refractivity contribution in [2.45, 2.75) is 38.3 Å². The summed E-state index contributed by atoms with van der Waals surface area (Å²) >= 11 is 5.74. The van der Waals surface area contributed by atoms with Gasteiger partial charge in [-0.05, 0) is 26.7 Å². The van der Waals surface area contributed by atoms with Crippen LogP contribution in [0.25, 0.3) is 0 Å². The number of nitrogens with one attached hydrogen (secondary N) is 1. The summed E-state index contributed by atoms with van der Waals surface area (Å²) in [6.07, 6.45) is 2.72. The fourth-order valence-electron chi connectivity index (χ4n) is 2.17. The normalized spacial score (nSPS) is 21.9. The first-order valence-electron chi connectivity index (χ1n) is 5.94. The van der Waals surface area contributed by atoms with Crippen LogP contribution in [0.4, 0.5) is 11.5 Å². The number of anilines is 1. The van der Waals surface area contributed by atoms with Gasteiger partial charge >= 0.3 is 5.69 Å². The Kier molecular flexibility index (Phi) is 3.86. The van der Waals surface area contributed by atoms with Crippen molar-refractivity contribution >= 4 is 23.1 Å². The van der Waals surface area contributed by atoms with Crippen LogP contribution in [0, 0.1) is 10.1 Å². The molecule has 1 fully saturated rings. The third-order valence-corrected chi connectivity index (χ3v) is 3.27. The summed E-state index contributed by atoms with van der Waals surface area (Å²) in [6, 6.07) is 0.0633. The van der Waals surface area contributed by atoms with Crippen LogP contribution in [0.2, 0.25) is 5.15 Å². The minimum Gasteiger partial charge on any atom is -0.375 e. The van der Waals surface area contributed by atoms with Gasteiger partial charge in [-0.15, -0.1) is 0 Å². The highest BCUT2D eigenvalue weighted by Crippen LogP contribution is 2.31. The summed E-state index contributed by atoms with van der Waals surface area (Å²) in [7, 11) is 0. The number of ether oxygens (including phenoxy) is 1. The van der Waals surface area contributed by atoms with E-state index in [2.05, 4.69) is 15.3 Å². The van der Waals surface area contributed by atoms with E-state index in [1.165, 1.54) is 6.33 Å². The molecule has 8 heteroatoms. The molecule has 0 saturated carbocycles. The Morgan fingerprint density at radius 2 is 2.32 bits per heavy atom. The fraction of sp³-hybridized carbons (Fsp3) is 0.636. The van der Waals surface area contributed by atoms with E-state index in [4.69, 9.17) is 16.3 Å². The predicted molar refractivity (Wildman–Crippen MR) is 70.4 cm³/mol. The third-order valence-electron chi connectivity index (χ3n) is 3.00. The Hall–Kier alpha value is -1.47. The zero-order chi connectivity index (χ0) is 14.0. The minimum atomic E-state index is -0.574. The van der Waals surface area contributed by atoms with Crippen LogP contribution in [0.15, 0.2) is 6.33 Å². The number of nitrogens with zero attached hydrogens (tertiary/aromatic N) is 3. The largest absolute Gasteiger partial charge is 0.375 e. The lowest BCUT2D eigenvalue weighted by molar-refractivity contribution is -0.384. The number of hydrogen-bond acceptors (Lipinski definition) is 6. The van der Waals surface area contributed by atoms with E-state index < -0.39 is 4.92 Å². The van der Waals surface area contributed by atoms with E-state index in [9.17, 15) is 10.1 Å². The van der Waals surface area contributed by atoms with Gasteiger partial charge in [-0.1, -0.05) is 11.6 Å². The molecule has 0 bridgehead atoms. The van der Waals surface area contributed by atoms with Crippen molar-refractivity contribution in [1.29, 1.82) is 0 Å². The van der Waals surface area contributed by atoms with Crippen molar-refractivity contribution in [1.82, 2.24) is 9.97 Å². The quantitative estimate of drug-likeness (QED) is 0.521. The van der Waals surface area contributed by atoms with E-state index >= 15 is 0 Å². The van der Waals surface area contributed by atoms with Crippen molar-refractivity contribution in [3.8, 4) is 0 Å². The Morgan fingerprint density at radius 1 is 1.58 bits per heavy atom. The third kappa shape index (κ3) is 3.30. The average Bonchev–Trinajstić information content (AvgIpc) is 2.26. The number of hydrogen-bond donors (Lipinski definition) is 1. The molecule has 1 atom stereocenters. The van der Waals surface area contributed by atoms with Crippen molar-refractivity contribution < 1.29 is 9.66 Å². The lowest BCUT2D eigenvalue weighted by Gasteiger charge is -2.35. The van der Waals surface area contributed by atoms with Crippen molar-refractivity contribution in [2.24, 2.45) is 0 Å². The van der Waals surface area contributed by atoms with Crippen LogP contribution >= 0.6 is 11.6 Å². The molecule has 1 aromatic rings. The van der Waals surface area contributed by atoms with Crippen LogP contribution < -0.4 is 5.32 Å². The van der Waals surface area contributed by atoms with Crippen molar-refractivity contribution in [3.63, 3.8) is 0 Å². The molecule has 7 nitrogen and oxygen atoms in total. The second-order valence-corrected chi connectivity index (χ2v) is 5.42. The molecular weight excluding hydrogens is 272 g/mol. The Labute approximate surface area is 115 Å². The summed E-state index contributed by atoms with van der Waals surface area (Å²) in [5.41, 5.74) is -0.532. The molecule has 2 heterocycles. The van der Waals surface area contributed by atoms with Gasteiger partial charge in [0, 0.05) is 12.6 Å². The molecule has 104 valence electrons. The molecule has 1 aromatic heterocycles. The molecule has 0 amide bonds. The smallest absolute Gasteiger partial charge is 0.348 e. The summed E-state index contributed by atoms with van der Waals surface area (Å²) in [5, 5.41) is 13.9. The molecule has 0 aliphatic carbocycles. The minimum absolute atomic E-state index is 0.0633. The van der Waals surface area contributed by atoms with Crippen LogP contribution in [-0.2, 0) is 4.74 Å². The zero-order valence-electron chi connectivity index (χ0n) is 10.7. The molecule has 2 rings (SSSR count). The van der Waals surface area contributed by atoms with Gasteiger partial charge in [-0.2, -0.15) is 0 Å². The van der Waals surface area contributed by atoms with Gasteiger partial charge in [0.1, 0.15) is 6.33 Å².